The van der Waals surface area contributed by atoms with Crippen LogP contribution in [0.2, 0.25) is 0 Å². The third kappa shape index (κ3) is 7.28. The van der Waals surface area contributed by atoms with Gasteiger partial charge in [0.2, 0.25) is 5.91 Å². The Morgan fingerprint density at radius 1 is 1.39 bits per heavy atom. The first-order chi connectivity index (χ1) is 10.8. The Balaban J connectivity index is 0.00000264. The van der Waals surface area contributed by atoms with Crippen molar-refractivity contribution in [2.24, 2.45) is 0 Å². The first kappa shape index (κ1) is 19.9. The molecule has 1 heterocycles. The van der Waals surface area contributed by atoms with E-state index >= 15 is 0 Å². The molecule has 1 aliphatic heterocycles. The van der Waals surface area contributed by atoms with Gasteiger partial charge in [-0.05, 0) is 24.6 Å². The summed E-state index contributed by atoms with van der Waals surface area (Å²) >= 11 is 0. The zero-order chi connectivity index (χ0) is 15.6. The van der Waals surface area contributed by atoms with Crippen LogP contribution in [0.25, 0.3) is 0 Å². The summed E-state index contributed by atoms with van der Waals surface area (Å²) in [7, 11) is 0. The molecule has 0 spiro atoms. The van der Waals surface area contributed by atoms with Crippen molar-refractivity contribution < 1.29 is 19.0 Å². The maximum absolute atomic E-state index is 12.1. The third-order valence-corrected chi connectivity index (χ3v) is 3.28. The number of benzene rings is 1. The Morgan fingerprint density at radius 3 is 2.96 bits per heavy atom. The van der Waals surface area contributed by atoms with Crippen molar-refractivity contribution in [3.05, 3.63) is 29.8 Å². The van der Waals surface area contributed by atoms with E-state index in [0.29, 0.717) is 46.2 Å². The number of halogens is 1. The number of morpholine rings is 1. The number of hydrogen-bond acceptors (Lipinski definition) is 5. The third-order valence-electron chi connectivity index (χ3n) is 3.28. The summed E-state index contributed by atoms with van der Waals surface area (Å²) in [5, 5.41) is 6.03. The average Bonchev–Trinajstić information content (AvgIpc) is 2.56. The van der Waals surface area contributed by atoms with Crippen LogP contribution in [0.1, 0.15) is 12.5 Å². The predicted molar refractivity (Wildman–Crippen MR) is 91.1 cm³/mol. The largest absolute Gasteiger partial charge is 0.379 e. The number of anilines is 1. The molecule has 130 valence electrons. The number of ether oxygens (including phenoxy) is 3. The van der Waals surface area contributed by atoms with Crippen LogP contribution in [0.4, 0.5) is 5.69 Å². The molecule has 0 radical (unpaired) electrons. The van der Waals surface area contributed by atoms with Gasteiger partial charge in [0.1, 0.15) is 6.04 Å². The van der Waals surface area contributed by atoms with Gasteiger partial charge >= 0.3 is 0 Å². The maximum atomic E-state index is 12.1. The lowest BCUT2D eigenvalue weighted by atomic mass is 10.2. The number of carbonyl (C=O) groups is 1. The quantitative estimate of drug-likeness (QED) is 0.701. The number of carbonyl (C=O) groups excluding carboxylic acids is 1. The Hall–Kier alpha value is -1.18. The number of amides is 1. The van der Waals surface area contributed by atoms with Crippen LogP contribution >= 0.6 is 12.4 Å². The van der Waals surface area contributed by atoms with Gasteiger partial charge in [-0.1, -0.05) is 12.1 Å². The molecule has 1 aromatic rings. The summed E-state index contributed by atoms with van der Waals surface area (Å²) < 4.78 is 16.0. The molecule has 0 saturated carbocycles. The SMILES string of the molecule is CCOCCOCc1cccc(NC(=O)C2COCCN2)c1.Cl. The van der Waals surface area contributed by atoms with Gasteiger partial charge in [0.05, 0.1) is 33.0 Å². The Labute approximate surface area is 143 Å². The number of rotatable bonds is 8. The van der Waals surface area contributed by atoms with Crippen molar-refractivity contribution in [3.8, 4) is 0 Å². The highest BCUT2D eigenvalue weighted by molar-refractivity contribution is 5.95. The topological polar surface area (TPSA) is 68.8 Å². The molecule has 0 aliphatic carbocycles. The van der Waals surface area contributed by atoms with Gasteiger partial charge in [-0.3, -0.25) is 4.79 Å². The fourth-order valence-corrected chi connectivity index (χ4v) is 2.15. The monoisotopic (exact) mass is 344 g/mol. The lowest BCUT2D eigenvalue weighted by molar-refractivity contribution is -0.120. The van der Waals surface area contributed by atoms with Crippen molar-refractivity contribution in [1.29, 1.82) is 0 Å². The van der Waals surface area contributed by atoms with E-state index in [4.69, 9.17) is 14.2 Å². The van der Waals surface area contributed by atoms with E-state index in [2.05, 4.69) is 10.6 Å². The first-order valence-electron chi connectivity index (χ1n) is 7.66. The van der Waals surface area contributed by atoms with Crippen LogP contribution in [0, 0.1) is 0 Å². The normalized spacial score (nSPS) is 17.3. The molecular weight excluding hydrogens is 320 g/mol. The van der Waals surface area contributed by atoms with E-state index in [9.17, 15) is 4.79 Å². The molecule has 7 heteroatoms. The molecule has 23 heavy (non-hydrogen) atoms. The molecule has 2 rings (SSSR count). The van der Waals surface area contributed by atoms with Crippen molar-refractivity contribution in [3.63, 3.8) is 0 Å². The summed E-state index contributed by atoms with van der Waals surface area (Å²) in [6.07, 6.45) is 0. The standard InChI is InChI=1S/C16H24N2O4.ClH/c1-2-20-8-9-22-11-13-4-3-5-14(10-13)18-16(19)15-12-21-7-6-17-15;/h3-5,10,15,17H,2,6-9,11-12H2,1H3,(H,18,19);1H. The highest BCUT2D eigenvalue weighted by Gasteiger charge is 2.21. The van der Waals surface area contributed by atoms with Gasteiger partial charge in [-0.2, -0.15) is 0 Å². The maximum Gasteiger partial charge on any atom is 0.243 e. The van der Waals surface area contributed by atoms with Crippen molar-refractivity contribution >= 4 is 24.0 Å². The molecule has 0 aromatic heterocycles. The summed E-state index contributed by atoms with van der Waals surface area (Å²) in [5.41, 5.74) is 1.78. The van der Waals surface area contributed by atoms with Crippen LogP contribution in [-0.4, -0.2) is 51.5 Å². The molecule has 1 aliphatic rings. The second-order valence-corrected chi connectivity index (χ2v) is 5.02. The predicted octanol–water partition coefficient (Wildman–Crippen LogP) is 1.59. The zero-order valence-corrected chi connectivity index (χ0v) is 14.2. The minimum atomic E-state index is -0.292. The van der Waals surface area contributed by atoms with Crippen LogP contribution in [0.5, 0.6) is 0 Å². The van der Waals surface area contributed by atoms with E-state index in [0.717, 1.165) is 11.3 Å². The first-order valence-corrected chi connectivity index (χ1v) is 7.66. The second-order valence-electron chi connectivity index (χ2n) is 5.02. The smallest absolute Gasteiger partial charge is 0.243 e. The molecule has 1 fully saturated rings. The van der Waals surface area contributed by atoms with Gasteiger partial charge in [0.25, 0.3) is 0 Å². The second kappa shape index (κ2) is 11.4. The van der Waals surface area contributed by atoms with Crippen LogP contribution in [-0.2, 0) is 25.6 Å². The van der Waals surface area contributed by atoms with E-state index in [1.807, 2.05) is 31.2 Å². The van der Waals surface area contributed by atoms with Gasteiger partial charge < -0.3 is 24.8 Å². The fourth-order valence-electron chi connectivity index (χ4n) is 2.15. The van der Waals surface area contributed by atoms with Crippen LogP contribution in [0.15, 0.2) is 24.3 Å². The van der Waals surface area contributed by atoms with Gasteiger partial charge in [0.15, 0.2) is 0 Å². The van der Waals surface area contributed by atoms with E-state index in [1.54, 1.807) is 0 Å². The lowest BCUT2D eigenvalue weighted by Crippen LogP contribution is -2.48. The van der Waals surface area contributed by atoms with Gasteiger partial charge in [-0.25, -0.2) is 0 Å². The summed E-state index contributed by atoms with van der Waals surface area (Å²) in [4.78, 5) is 12.1. The molecule has 1 aromatic carbocycles. The number of hydrogen-bond donors (Lipinski definition) is 2. The molecule has 1 atom stereocenters. The molecule has 1 amide bonds. The molecule has 0 bridgehead atoms. The zero-order valence-electron chi connectivity index (χ0n) is 13.4. The van der Waals surface area contributed by atoms with E-state index in [-0.39, 0.29) is 24.4 Å². The molecule has 2 N–H and O–H groups in total. The number of nitrogens with one attached hydrogen (secondary N) is 2. The highest BCUT2D eigenvalue weighted by Crippen LogP contribution is 2.12. The van der Waals surface area contributed by atoms with Crippen molar-refractivity contribution in [2.75, 3.05) is 44.9 Å². The van der Waals surface area contributed by atoms with E-state index in [1.165, 1.54) is 0 Å². The fraction of sp³-hybridized carbons (Fsp3) is 0.562. The summed E-state index contributed by atoms with van der Waals surface area (Å²) in [6.45, 7) is 6.08. The van der Waals surface area contributed by atoms with Gasteiger partial charge in [-0.15, -0.1) is 12.4 Å². The highest BCUT2D eigenvalue weighted by atomic mass is 35.5. The van der Waals surface area contributed by atoms with Crippen LogP contribution < -0.4 is 10.6 Å². The Bertz CT molecular complexity index is 467. The minimum Gasteiger partial charge on any atom is -0.379 e. The minimum absolute atomic E-state index is 0. The molecule has 1 unspecified atom stereocenters. The lowest BCUT2D eigenvalue weighted by Gasteiger charge is -2.23. The summed E-state index contributed by atoms with van der Waals surface area (Å²) in [5.74, 6) is -0.0749. The van der Waals surface area contributed by atoms with E-state index < -0.39 is 0 Å². The summed E-state index contributed by atoms with van der Waals surface area (Å²) in [6, 6.07) is 7.37. The van der Waals surface area contributed by atoms with Crippen molar-refractivity contribution in [1.82, 2.24) is 5.32 Å². The Kier molecular flexibility index (Phi) is 9.82. The van der Waals surface area contributed by atoms with Gasteiger partial charge in [0, 0.05) is 18.8 Å². The Morgan fingerprint density at radius 2 is 2.22 bits per heavy atom. The molecular formula is C16H25ClN2O4. The average molecular weight is 345 g/mol. The van der Waals surface area contributed by atoms with Crippen LogP contribution in [0.3, 0.4) is 0 Å². The molecule has 6 nitrogen and oxygen atoms in total. The molecule has 1 saturated heterocycles. The van der Waals surface area contributed by atoms with Crippen molar-refractivity contribution in [2.45, 2.75) is 19.6 Å².